The second kappa shape index (κ2) is 8.13. The van der Waals surface area contributed by atoms with Crippen LogP contribution in [0.5, 0.6) is 0 Å². The minimum atomic E-state index is -1.13. The molecular formula is C19H21NO3. The molecule has 0 radical (unpaired) electrons. The largest absolute Gasteiger partial charge is 0.478 e. The van der Waals surface area contributed by atoms with E-state index < -0.39 is 5.97 Å². The summed E-state index contributed by atoms with van der Waals surface area (Å²) in [6, 6.07) is 14.0. The van der Waals surface area contributed by atoms with Crippen LogP contribution in [0.15, 0.2) is 54.6 Å². The van der Waals surface area contributed by atoms with Crippen molar-refractivity contribution in [1.82, 2.24) is 5.32 Å². The molecular weight excluding hydrogens is 290 g/mol. The second-order valence-electron chi connectivity index (χ2n) is 5.44. The second-order valence-corrected chi connectivity index (χ2v) is 5.44. The number of aliphatic carboxylic acids is 1. The smallest absolute Gasteiger partial charge is 0.328 e. The van der Waals surface area contributed by atoms with Crippen molar-refractivity contribution in [2.45, 2.75) is 32.2 Å². The van der Waals surface area contributed by atoms with Gasteiger partial charge in [-0.1, -0.05) is 62.2 Å². The van der Waals surface area contributed by atoms with Crippen molar-refractivity contribution in [1.29, 1.82) is 0 Å². The molecule has 0 bridgehead atoms. The minimum Gasteiger partial charge on any atom is -0.478 e. The fraction of sp³-hybridized carbons (Fsp3) is 0.263. The highest BCUT2D eigenvalue weighted by Gasteiger charge is 2.15. The topological polar surface area (TPSA) is 66.4 Å². The van der Waals surface area contributed by atoms with Crippen LogP contribution in [0.25, 0.3) is 10.8 Å². The van der Waals surface area contributed by atoms with Crippen molar-refractivity contribution >= 4 is 22.6 Å². The molecule has 1 atom stereocenters. The monoisotopic (exact) mass is 311 g/mol. The first-order valence-electron chi connectivity index (χ1n) is 7.81. The van der Waals surface area contributed by atoms with Crippen LogP contribution < -0.4 is 5.32 Å². The third-order valence-corrected chi connectivity index (χ3v) is 3.74. The minimum absolute atomic E-state index is 0.132. The maximum Gasteiger partial charge on any atom is 0.328 e. The van der Waals surface area contributed by atoms with Crippen LogP contribution in [-0.2, 0) is 9.59 Å². The average Bonchev–Trinajstić information content (AvgIpc) is 2.56. The van der Waals surface area contributed by atoms with Gasteiger partial charge in [-0.2, -0.15) is 0 Å². The van der Waals surface area contributed by atoms with E-state index in [4.69, 9.17) is 5.11 Å². The molecule has 0 unspecified atom stereocenters. The lowest BCUT2D eigenvalue weighted by atomic mass is 9.95. The van der Waals surface area contributed by atoms with Gasteiger partial charge >= 0.3 is 5.97 Å². The third kappa shape index (κ3) is 4.68. The maximum atomic E-state index is 12.0. The Hall–Kier alpha value is -2.62. The number of amides is 1. The summed E-state index contributed by atoms with van der Waals surface area (Å²) < 4.78 is 0. The number of hydrogen-bond acceptors (Lipinski definition) is 2. The van der Waals surface area contributed by atoms with Gasteiger partial charge < -0.3 is 10.4 Å². The number of benzene rings is 2. The molecule has 0 heterocycles. The Morgan fingerprint density at radius 2 is 1.87 bits per heavy atom. The normalized spacial score (nSPS) is 12.4. The van der Waals surface area contributed by atoms with E-state index in [0.717, 1.165) is 47.8 Å². The number of hydrogen-bond donors (Lipinski definition) is 2. The third-order valence-electron chi connectivity index (χ3n) is 3.74. The Labute approximate surface area is 135 Å². The number of unbranched alkanes of at least 4 members (excludes halogenated alkanes) is 1. The highest BCUT2D eigenvalue weighted by atomic mass is 16.4. The van der Waals surface area contributed by atoms with Crippen molar-refractivity contribution in [3.8, 4) is 0 Å². The summed E-state index contributed by atoms with van der Waals surface area (Å²) in [7, 11) is 0. The van der Waals surface area contributed by atoms with E-state index in [1.165, 1.54) is 0 Å². The number of rotatable bonds is 7. The lowest BCUT2D eigenvalue weighted by Gasteiger charge is -2.20. The molecule has 0 aliphatic heterocycles. The van der Waals surface area contributed by atoms with Crippen LogP contribution in [0, 0.1) is 0 Å². The van der Waals surface area contributed by atoms with E-state index in [2.05, 4.69) is 12.2 Å². The van der Waals surface area contributed by atoms with Crippen LogP contribution in [0.4, 0.5) is 0 Å². The van der Waals surface area contributed by atoms with E-state index >= 15 is 0 Å². The zero-order valence-electron chi connectivity index (χ0n) is 13.2. The summed E-state index contributed by atoms with van der Waals surface area (Å²) in [6.07, 6.45) is 4.75. The first kappa shape index (κ1) is 16.7. The molecule has 1 amide bonds. The van der Waals surface area contributed by atoms with E-state index in [0.29, 0.717) is 0 Å². The number of carboxylic acid groups (broad SMARTS) is 1. The van der Waals surface area contributed by atoms with E-state index in [-0.39, 0.29) is 11.9 Å². The predicted molar refractivity (Wildman–Crippen MR) is 91.1 cm³/mol. The first-order chi connectivity index (χ1) is 11.1. The Morgan fingerprint density at radius 3 is 2.61 bits per heavy atom. The lowest BCUT2D eigenvalue weighted by molar-refractivity contribution is -0.131. The summed E-state index contributed by atoms with van der Waals surface area (Å²) in [5.41, 5.74) is 1.06. The van der Waals surface area contributed by atoms with Gasteiger partial charge in [0.15, 0.2) is 0 Å². The molecule has 0 saturated carbocycles. The van der Waals surface area contributed by atoms with Gasteiger partial charge in [0, 0.05) is 12.2 Å². The fourth-order valence-electron chi connectivity index (χ4n) is 2.63. The molecule has 23 heavy (non-hydrogen) atoms. The Morgan fingerprint density at radius 1 is 1.13 bits per heavy atom. The van der Waals surface area contributed by atoms with Gasteiger partial charge in [-0.05, 0) is 22.8 Å². The Bertz CT molecular complexity index is 716. The molecule has 0 saturated heterocycles. The molecule has 0 aromatic heterocycles. The zero-order valence-corrected chi connectivity index (χ0v) is 13.2. The molecule has 2 N–H and O–H groups in total. The molecule has 0 aliphatic rings. The fourth-order valence-corrected chi connectivity index (χ4v) is 2.63. The summed E-state index contributed by atoms with van der Waals surface area (Å²) in [5.74, 6) is -1.52. The van der Waals surface area contributed by atoms with Crippen molar-refractivity contribution in [3.63, 3.8) is 0 Å². The van der Waals surface area contributed by atoms with Crippen molar-refractivity contribution < 1.29 is 14.7 Å². The Kier molecular flexibility index (Phi) is 5.92. The van der Waals surface area contributed by atoms with E-state index in [1.807, 2.05) is 42.5 Å². The van der Waals surface area contributed by atoms with Crippen molar-refractivity contribution in [2.24, 2.45) is 0 Å². The number of carbonyl (C=O) groups excluding carboxylic acids is 1. The van der Waals surface area contributed by atoms with Crippen LogP contribution >= 0.6 is 0 Å². The zero-order chi connectivity index (χ0) is 16.7. The van der Waals surface area contributed by atoms with Crippen LogP contribution in [-0.4, -0.2) is 17.0 Å². The summed E-state index contributed by atoms with van der Waals surface area (Å²) >= 11 is 0. The molecule has 4 nitrogen and oxygen atoms in total. The van der Waals surface area contributed by atoms with Gasteiger partial charge in [0.2, 0.25) is 5.91 Å². The van der Waals surface area contributed by atoms with Gasteiger partial charge in [-0.3, -0.25) is 4.79 Å². The number of fused-ring (bicyclic) bond motifs is 1. The highest BCUT2D eigenvalue weighted by Crippen LogP contribution is 2.27. The molecule has 2 aromatic rings. The van der Waals surface area contributed by atoms with Crippen LogP contribution in [0.1, 0.15) is 37.8 Å². The molecule has 2 aromatic carbocycles. The summed E-state index contributed by atoms with van der Waals surface area (Å²) in [4.78, 5) is 22.5. The molecule has 0 fully saturated rings. The first-order valence-corrected chi connectivity index (χ1v) is 7.81. The van der Waals surface area contributed by atoms with E-state index in [9.17, 15) is 9.59 Å². The Balaban J connectivity index is 2.29. The van der Waals surface area contributed by atoms with Gasteiger partial charge in [-0.25, -0.2) is 4.79 Å². The highest BCUT2D eigenvalue weighted by molar-refractivity contribution is 5.94. The number of carbonyl (C=O) groups is 2. The molecule has 4 heteroatoms. The standard InChI is InChI=1S/C19H21NO3/c1-2-3-11-17(20-18(21)12-13-19(22)23)16-10-6-8-14-7-4-5-9-15(14)16/h4-10,12-13,17H,2-3,11H2,1H3,(H,20,21)(H,22,23)/b13-12-/t17-/m0/s1. The van der Waals surface area contributed by atoms with Crippen molar-refractivity contribution in [2.75, 3.05) is 0 Å². The lowest BCUT2D eigenvalue weighted by Crippen LogP contribution is -2.27. The maximum absolute atomic E-state index is 12.0. The van der Waals surface area contributed by atoms with Crippen molar-refractivity contribution in [3.05, 3.63) is 60.2 Å². The SMILES string of the molecule is CCCC[C@H](NC(=O)/C=C\C(=O)O)c1cccc2ccccc12. The van der Waals surface area contributed by atoms with E-state index in [1.54, 1.807) is 0 Å². The quantitative estimate of drug-likeness (QED) is 0.764. The summed E-state index contributed by atoms with van der Waals surface area (Å²) in [5, 5.41) is 13.8. The van der Waals surface area contributed by atoms with Gasteiger partial charge in [-0.15, -0.1) is 0 Å². The molecule has 0 spiro atoms. The predicted octanol–water partition coefficient (Wildman–Crippen LogP) is 3.83. The molecule has 0 aliphatic carbocycles. The molecule has 120 valence electrons. The number of nitrogens with one attached hydrogen (secondary N) is 1. The van der Waals surface area contributed by atoms with Gasteiger partial charge in [0.25, 0.3) is 0 Å². The van der Waals surface area contributed by atoms with Crippen LogP contribution in [0.3, 0.4) is 0 Å². The van der Waals surface area contributed by atoms with Gasteiger partial charge in [0.05, 0.1) is 6.04 Å². The van der Waals surface area contributed by atoms with Crippen LogP contribution in [0.2, 0.25) is 0 Å². The number of carboxylic acids is 1. The molecule has 2 rings (SSSR count). The summed E-state index contributed by atoms with van der Waals surface area (Å²) in [6.45, 7) is 2.10. The van der Waals surface area contributed by atoms with Gasteiger partial charge in [0.1, 0.15) is 0 Å². The average molecular weight is 311 g/mol.